The molecule has 1 heterocycles. The number of fused-ring (bicyclic) bond motifs is 1. The summed E-state index contributed by atoms with van der Waals surface area (Å²) in [7, 11) is 0. The molecule has 1 aliphatic heterocycles. The van der Waals surface area contributed by atoms with E-state index in [1.165, 1.54) is 11.1 Å². The Kier molecular flexibility index (Phi) is 5.80. The average Bonchev–Trinajstić information content (AvgIpc) is 2.52. The van der Waals surface area contributed by atoms with E-state index in [0.717, 1.165) is 29.8 Å². The first kappa shape index (κ1) is 17.1. The van der Waals surface area contributed by atoms with Crippen LogP contribution in [0.2, 0.25) is 0 Å². The number of aryl methyl sites for hydroxylation is 1. The molecule has 0 spiro atoms. The summed E-state index contributed by atoms with van der Waals surface area (Å²) in [5.41, 5.74) is 4.48. The molecule has 1 amide bonds. The summed E-state index contributed by atoms with van der Waals surface area (Å²) in [6, 6.07) is 4.14. The number of benzene rings is 1. The second-order valence-electron chi connectivity index (χ2n) is 5.97. The highest BCUT2D eigenvalue weighted by atomic mass is 16.5. The molecule has 3 nitrogen and oxygen atoms in total. The van der Waals surface area contributed by atoms with Crippen LogP contribution in [0.4, 0.5) is 5.69 Å². The van der Waals surface area contributed by atoms with Gasteiger partial charge in [-0.05, 0) is 43.9 Å². The summed E-state index contributed by atoms with van der Waals surface area (Å²) in [5.74, 6) is 0.974. The zero-order valence-corrected chi connectivity index (χ0v) is 14.1. The molecular weight excluding hydrogens is 286 g/mol. The lowest BCUT2D eigenvalue weighted by atomic mass is 9.96. The number of carbonyl (C=O) groups is 1. The number of hydrogen-bond acceptors (Lipinski definition) is 2. The lowest BCUT2D eigenvalue weighted by molar-refractivity contribution is -0.118. The van der Waals surface area contributed by atoms with E-state index in [-0.39, 0.29) is 5.91 Å². The third kappa shape index (κ3) is 4.13. The predicted molar refractivity (Wildman–Crippen MR) is 96.1 cm³/mol. The van der Waals surface area contributed by atoms with Crippen LogP contribution in [0.15, 0.2) is 49.1 Å². The quantitative estimate of drug-likeness (QED) is 0.705. The number of hydrogen-bond donors (Lipinski definition) is 0. The fourth-order valence-electron chi connectivity index (χ4n) is 2.70. The van der Waals surface area contributed by atoms with Gasteiger partial charge in [0.2, 0.25) is 5.91 Å². The minimum absolute atomic E-state index is 0.168. The van der Waals surface area contributed by atoms with Crippen LogP contribution in [0.3, 0.4) is 0 Å². The highest BCUT2D eigenvalue weighted by Gasteiger charge is 2.25. The molecule has 0 unspecified atom stereocenters. The molecule has 0 bridgehead atoms. The summed E-state index contributed by atoms with van der Waals surface area (Å²) in [4.78, 5) is 14.2. The summed E-state index contributed by atoms with van der Waals surface area (Å²) >= 11 is 0. The fourth-order valence-corrected chi connectivity index (χ4v) is 2.70. The molecule has 0 saturated heterocycles. The van der Waals surface area contributed by atoms with Crippen molar-refractivity contribution in [3.05, 3.63) is 60.2 Å². The van der Waals surface area contributed by atoms with Crippen LogP contribution in [-0.2, 0) is 17.6 Å². The molecule has 0 fully saturated rings. The van der Waals surface area contributed by atoms with E-state index in [1.54, 1.807) is 6.08 Å². The van der Waals surface area contributed by atoms with Crippen LogP contribution in [0.25, 0.3) is 0 Å². The van der Waals surface area contributed by atoms with Crippen molar-refractivity contribution in [2.45, 2.75) is 33.1 Å². The van der Waals surface area contributed by atoms with Crippen molar-refractivity contribution in [1.82, 2.24) is 0 Å². The summed E-state index contributed by atoms with van der Waals surface area (Å²) in [6.45, 7) is 12.7. The normalized spacial score (nSPS) is 13.3. The minimum atomic E-state index is 0.168. The van der Waals surface area contributed by atoms with E-state index in [2.05, 4.69) is 25.3 Å². The molecule has 0 N–H and O–H groups in total. The van der Waals surface area contributed by atoms with Gasteiger partial charge in [0.15, 0.2) is 0 Å². The van der Waals surface area contributed by atoms with Crippen molar-refractivity contribution in [2.24, 2.45) is 0 Å². The van der Waals surface area contributed by atoms with Gasteiger partial charge in [0, 0.05) is 19.0 Å². The number of anilines is 1. The minimum Gasteiger partial charge on any atom is -0.489 e. The SMILES string of the molecule is C=CCOc1cc2c(cc1CC=C)CCC(=O)N2CC=C(C)C. The molecule has 1 aliphatic rings. The van der Waals surface area contributed by atoms with Crippen LogP contribution in [0.1, 0.15) is 31.4 Å². The molecule has 0 radical (unpaired) electrons. The van der Waals surface area contributed by atoms with Gasteiger partial charge in [0.1, 0.15) is 12.4 Å². The van der Waals surface area contributed by atoms with Crippen LogP contribution in [-0.4, -0.2) is 19.1 Å². The molecule has 3 heteroatoms. The third-order valence-corrected chi connectivity index (χ3v) is 3.86. The summed E-state index contributed by atoms with van der Waals surface area (Å²) in [5, 5.41) is 0. The van der Waals surface area contributed by atoms with Gasteiger partial charge in [0.25, 0.3) is 0 Å². The Labute approximate surface area is 139 Å². The van der Waals surface area contributed by atoms with Gasteiger partial charge in [-0.25, -0.2) is 0 Å². The highest BCUT2D eigenvalue weighted by Crippen LogP contribution is 2.35. The maximum absolute atomic E-state index is 12.3. The first-order valence-electron chi connectivity index (χ1n) is 8.01. The van der Waals surface area contributed by atoms with E-state index < -0.39 is 0 Å². The fraction of sp³-hybridized carbons (Fsp3) is 0.350. The predicted octanol–water partition coefficient (Wildman–Crippen LogP) is 4.23. The Bertz CT molecular complexity index is 639. The van der Waals surface area contributed by atoms with Gasteiger partial charge < -0.3 is 9.64 Å². The molecule has 1 aromatic carbocycles. The molecule has 0 aliphatic carbocycles. The van der Waals surface area contributed by atoms with Crippen LogP contribution >= 0.6 is 0 Å². The molecular formula is C20H25NO2. The molecule has 1 aromatic rings. The van der Waals surface area contributed by atoms with E-state index >= 15 is 0 Å². The average molecular weight is 311 g/mol. The highest BCUT2D eigenvalue weighted by molar-refractivity contribution is 5.97. The topological polar surface area (TPSA) is 29.5 Å². The summed E-state index contributed by atoms with van der Waals surface area (Å²) in [6.07, 6.45) is 7.77. The Morgan fingerprint density at radius 1 is 1.26 bits per heavy atom. The number of ether oxygens (including phenoxy) is 1. The maximum Gasteiger partial charge on any atom is 0.227 e. The Morgan fingerprint density at radius 3 is 2.70 bits per heavy atom. The smallest absolute Gasteiger partial charge is 0.227 e. The van der Waals surface area contributed by atoms with Gasteiger partial charge in [-0.2, -0.15) is 0 Å². The largest absolute Gasteiger partial charge is 0.489 e. The van der Waals surface area contributed by atoms with E-state index in [0.29, 0.717) is 19.6 Å². The van der Waals surface area contributed by atoms with Crippen LogP contribution in [0, 0.1) is 0 Å². The van der Waals surface area contributed by atoms with Crippen molar-refractivity contribution >= 4 is 11.6 Å². The zero-order valence-electron chi connectivity index (χ0n) is 14.1. The lowest BCUT2D eigenvalue weighted by Crippen LogP contribution is -2.35. The number of rotatable bonds is 7. The van der Waals surface area contributed by atoms with Gasteiger partial charge in [0.05, 0.1) is 5.69 Å². The van der Waals surface area contributed by atoms with Crippen molar-refractivity contribution in [2.75, 3.05) is 18.1 Å². The second kappa shape index (κ2) is 7.82. The maximum atomic E-state index is 12.3. The van der Waals surface area contributed by atoms with Crippen LogP contribution in [0.5, 0.6) is 5.75 Å². The van der Waals surface area contributed by atoms with Crippen molar-refractivity contribution < 1.29 is 9.53 Å². The monoisotopic (exact) mass is 311 g/mol. The standard InChI is InChI=1S/C20H25NO2/c1-5-7-17-13-16-8-9-20(22)21(11-10-15(3)4)18(16)14-19(17)23-12-6-2/h5-6,10,13-14H,1-2,7-9,11-12H2,3-4H3. The molecule has 0 saturated carbocycles. The van der Waals surface area contributed by atoms with Gasteiger partial charge in [-0.1, -0.05) is 30.4 Å². The van der Waals surface area contributed by atoms with Gasteiger partial charge >= 0.3 is 0 Å². The Balaban J connectivity index is 2.43. The molecule has 0 atom stereocenters. The van der Waals surface area contributed by atoms with Gasteiger partial charge in [-0.15, -0.1) is 6.58 Å². The molecule has 0 aromatic heterocycles. The number of allylic oxidation sites excluding steroid dienone is 2. The van der Waals surface area contributed by atoms with E-state index in [1.807, 2.05) is 30.9 Å². The zero-order chi connectivity index (χ0) is 16.8. The van der Waals surface area contributed by atoms with E-state index in [9.17, 15) is 4.79 Å². The Morgan fingerprint density at radius 2 is 2.04 bits per heavy atom. The van der Waals surface area contributed by atoms with Crippen molar-refractivity contribution in [1.29, 1.82) is 0 Å². The summed E-state index contributed by atoms with van der Waals surface area (Å²) < 4.78 is 5.79. The van der Waals surface area contributed by atoms with Crippen LogP contribution < -0.4 is 9.64 Å². The molecule has 23 heavy (non-hydrogen) atoms. The first-order valence-corrected chi connectivity index (χ1v) is 8.01. The molecule has 122 valence electrons. The van der Waals surface area contributed by atoms with E-state index in [4.69, 9.17) is 4.74 Å². The first-order chi connectivity index (χ1) is 11.1. The second-order valence-corrected chi connectivity index (χ2v) is 5.97. The van der Waals surface area contributed by atoms with Gasteiger partial charge in [-0.3, -0.25) is 4.79 Å². The molecule has 2 rings (SSSR count). The Hall–Kier alpha value is -2.29. The number of nitrogens with zero attached hydrogens (tertiary/aromatic N) is 1. The number of amides is 1. The number of carbonyl (C=O) groups excluding carboxylic acids is 1. The lowest BCUT2D eigenvalue weighted by Gasteiger charge is -2.30. The van der Waals surface area contributed by atoms with Crippen molar-refractivity contribution in [3.63, 3.8) is 0 Å². The third-order valence-electron chi connectivity index (χ3n) is 3.86. The van der Waals surface area contributed by atoms with Crippen molar-refractivity contribution in [3.8, 4) is 5.75 Å².